The number of hydrogen-bond donors (Lipinski definition) is 2. The molecule has 0 fully saturated rings. The fourth-order valence-corrected chi connectivity index (χ4v) is 3.06. The summed E-state index contributed by atoms with van der Waals surface area (Å²) in [7, 11) is -0.975. The average molecular weight is 331 g/mol. The summed E-state index contributed by atoms with van der Waals surface area (Å²) < 4.78 is 11.9. The molecule has 1 heterocycles. The van der Waals surface area contributed by atoms with Gasteiger partial charge in [-0.15, -0.1) is 0 Å². The van der Waals surface area contributed by atoms with Gasteiger partial charge in [0.2, 0.25) is 0 Å². The number of carbonyl (C=O) groups excluding carboxylic acids is 1. The van der Waals surface area contributed by atoms with Crippen LogP contribution in [0.4, 0.5) is 4.79 Å². The molecule has 0 aliphatic heterocycles. The van der Waals surface area contributed by atoms with Crippen LogP contribution in [0.2, 0.25) is 0 Å². The van der Waals surface area contributed by atoms with E-state index in [2.05, 4.69) is 15.6 Å². The molecule has 1 unspecified atom stereocenters. The molecule has 122 valence electrons. The van der Waals surface area contributed by atoms with E-state index in [-0.39, 0.29) is 6.03 Å². The summed E-state index contributed by atoms with van der Waals surface area (Å²) in [5.41, 5.74) is 1.99. The number of urea groups is 1. The van der Waals surface area contributed by atoms with E-state index in [1.54, 1.807) is 6.20 Å². The number of pyridine rings is 1. The minimum Gasteiger partial charge on any atom is -0.338 e. The summed E-state index contributed by atoms with van der Waals surface area (Å²) in [6.07, 6.45) is 2.42. The molecule has 2 N–H and O–H groups in total. The molecule has 0 aliphatic rings. The second-order valence-electron chi connectivity index (χ2n) is 5.03. The summed E-state index contributed by atoms with van der Waals surface area (Å²) in [5, 5.41) is 5.49. The predicted molar refractivity (Wildman–Crippen MR) is 92.5 cm³/mol. The fourth-order valence-electron chi connectivity index (χ4n) is 2.02. The topological polar surface area (TPSA) is 71.1 Å². The molecule has 0 saturated carbocycles. The van der Waals surface area contributed by atoms with E-state index >= 15 is 0 Å². The molecule has 1 aromatic heterocycles. The van der Waals surface area contributed by atoms with Crippen molar-refractivity contribution in [3.63, 3.8) is 0 Å². The van der Waals surface area contributed by atoms with Crippen LogP contribution in [0.1, 0.15) is 11.3 Å². The number of hydrogen-bond acceptors (Lipinski definition) is 3. The van der Waals surface area contributed by atoms with E-state index in [0.29, 0.717) is 31.0 Å². The van der Waals surface area contributed by atoms with Gasteiger partial charge in [-0.3, -0.25) is 9.19 Å². The van der Waals surface area contributed by atoms with Gasteiger partial charge in [-0.2, -0.15) is 0 Å². The first-order valence-corrected chi connectivity index (χ1v) is 9.03. The molecule has 5 nitrogen and oxygen atoms in total. The first-order valence-electron chi connectivity index (χ1n) is 7.54. The Labute approximate surface area is 139 Å². The highest BCUT2D eigenvalue weighted by molar-refractivity contribution is 7.84. The lowest BCUT2D eigenvalue weighted by Crippen LogP contribution is -2.38. The van der Waals surface area contributed by atoms with Crippen LogP contribution in [0.5, 0.6) is 0 Å². The highest BCUT2D eigenvalue weighted by Gasteiger charge is 2.04. The van der Waals surface area contributed by atoms with Gasteiger partial charge >= 0.3 is 6.03 Å². The number of nitrogens with one attached hydrogen (secondary N) is 2. The molecule has 0 saturated heterocycles. The first-order chi connectivity index (χ1) is 11.2. The van der Waals surface area contributed by atoms with E-state index in [4.69, 9.17) is 0 Å². The summed E-state index contributed by atoms with van der Waals surface area (Å²) in [6, 6.07) is 15.2. The van der Waals surface area contributed by atoms with Crippen LogP contribution in [0.3, 0.4) is 0 Å². The minimum atomic E-state index is -0.975. The van der Waals surface area contributed by atoms with Gasteiger partial charge < -0.3 is 10.6 Å². The zero-order valence-electron chi connectivity index (χ0n) is 12.9. The van der Waals surface area contributed by atoms with Crippen molar-refractivity contribution >= 4 is 16.8 Å². The quantitative estimate of drug-likeness (QED) is 0.776. The molecule has 2 aromatic rings. The molecule has 0 spiro atoms. The Bertz CT molecular complexity index is 620. The van der Waals surface area contributed by atoms with E-state index in [9.17, 15) is 9.00 Å². The molecule has 1 aromatic carbocycles. The van der Waals surface area contributed by atoms with Gasteiger partial charge in [0.1, 0.15) is 0 Å². The van der Waals surface area contributed by atoms with Crippen molar-refractivity contribution < 1.29 is 9.00 Å². The zero-order chi connectivity index (χ0) is 16.3. The second kappa shape index (κ2) is 9.74. The molecule has 23 heavy (non-hydrogen) atoms. The van der Waals surface area contributed by atoms with Crippen molar-refractivity contribution in [3.8, 4) is 0 Å². The molecule has 6 heteroatoms. The van der Waals surface area contributed by atoms with Gasteiger partial charge in [0.15, 0.2) is 0 Å². The highest BCUT2D eigenvalue weighted by atomic mass is 32.2. The van der Waals surface area contributed by atoms with Gasteiger partial charge in [0.25, 0.3) is 0 Å². The van der Waals surface area contributed by atoms with E-state index in [1.807, 2.05) is 48.5 Å². The molecule has 0 aliphatic carbocycles. The third-order valence-corrected chi connectivity index (χ3v) is 4.49. The Morgan fingerprint density at radius 3 is 2.48 bits per heavy atom. The molecule has 2 rings (SSSR count). The minimum absolute atomic E-state index is 0.238. The van der Waals surface area contributed by atoms with Gasteiger partial charge in [0.05, 0.1) is 0 Å². The molecule has 0 bridgehead atoms. The third-order valence-electron chi connectivity index (χ3n) is 3.18. The summed E-state index contributed by atoms with van der Waals surface area (Å²) >= 11 is 0. The van der Waals surface area contributed by atoms with Crippen LogP contribution in [-0.4, -0.2) is 34.1 Å². The Morgan fingerprint density at radius 1 is 1.00 bits per heavy atom. The van der Waals surface area contributed by atoms with Crippen LogP contribution >= 0.6 is 0 Å². The Balaban J connectivity index is 1.56. The lowest BCUT2D eigenvalue weighted by molar-refractivity contribution is 0.241. The summed E-state index contributed by atoms with van der Waals surface area (Å²) in [6.45, 7) is 0.921. The molecule has 2 amide bonds. The van der Waals surface area contributed by atoms with Gasteiger partial charge in [-0.25, -0.2) is 4.79 Å². The maximum Gasteiger partial charge on any atom is 0.314 e. The molecule has 0 radical (unpaired) electrons. The Kier molecular flexibility index (Phi) is 7.26. The van der Waals surface area contributed by atoms with Crippen molar-refractivity contribution in [2.45, 2.75) is 12.2 Å². The van der Waals surface area contributed by atoms with Crippen LogP contribution in [0, 0.1) is 0 Å². The Hall–Kier alpha value is -2.21. The SMILES string of the molecule is O=C(NCCc1ccccn1)NCCS(=O)Cc1ccccc1. The van der Waals surface area contributed by atoms with Crippen molar-refractivity contribution in [2.75, 3.05) is 18.8 Å². The maximum absolute atomic E-state index is 11.9. The molecular weight excluding hydrogens is 310 g/mol. The number of aromatic nitrogens is 1. The number of carbonyl (C=O) groups is 1. The van der Waals surface area contributed by atoms with Crippen LogP contribution in [0.15, 0.2) is 54.7 Å². The average Bonchev–Trinajstić information content (AvgIpc) is 2.57. The van der Waals surface area contributed by atoms with E-state index < -0.39 is 10.8 Å². The first kappa shape index (κ1) is 17.1. The predicted octanol–water partition coefficient (Wildman–Crippen LogP) is 1.87. The van der Waals surface area contributed by atoms with Crippen molar-refractivity contribution in [1.29, 1.82) is 0 Å². The van der Waals surface area contributed by atoms with Gasteiger partial charge in [0, 0.05) is 53.7 Å². The van der Waals surface area contributed by atoms with Crippen LogP contribution < -0.4 is 10.6 Å². The van der Waals surface area contributed by atoms with Crippen molar-refractivity contribution in [2.24, 2.45) is 0 Å². The third kappa shape index (κ3) is 7.06. The monoisotopic (exact) mass is 331 g/mol. The van der Waals surface area contributed by atoms with Crippen LogP contribution in [0.25, 0.3) is 0 Å². The largest absolute Gasteiger partial charge is 0.338 e. The van der Waals surface area contributed by atoms with Gasteiger partial charge in [-0.05, 0) is 17.7 Å². The van der Waals surface area contributed by atoms with Gasteiger partial charge in [-0.1, -0.05) is 36.4 Å². The highest BCUT2D eigenvalue weighted by Crippen LogP contribution is 2.02. The zero-order valence-corrected chi connectivity index (χ0v) is 13.7. The fraction of sp³-hybridized carbons (Fsp3) is 0.294. The lowest BCUT2D eigenvalue weighted by Gasteiger charge is -2.07. The van der Waals surface area contributed by atoms with E-state index in [0.717, 1.165) is 11.3 Å². The molecule has 1 atom stereocenters. The number of benzene rings is 1. The molecular formula is C17H21N3O2S. The number of rotatable bonds is 8. The van der Waals surface area contributed by atoms with Crippen molar-refractivity contribution in [1.82, 2.24) is 15.6 Å². The second-order valence-corrected chi connectivity index (χ2v) is 6.60. The maximum atomic E-state index is 11.9. The Morgan fingerprint density at radius 2 is 1.74 bits per heavy atom. The van der Waals surface area contributed by atoms with Crippen molar-refractivity contribution in [3.05, 3.63) is 66.0 Å². The standard InChI is InChI=1S/C17H21N3O2S/c21-17(19-11-9-16-8-4-5-10-18-16)20-12-13-23(22)14-15-6-2-1-3-7-15/h1-8,10H,9,11-14H2,(H2,19,20,21). The smallest absolute Gasteiger partial charge is 0.314 e. The number of amides is 2. The summed E-state index contributed by atoms with van der Waals surface area (Å²) in [4.78, 5) is 15.8. The van der Waals surface area contributed by atoms with E-state index in [1.165, 1.54) is 0 Å². The normalized spacial score (nSPS) is 11.7. The van der Waals surface area contributed by atoms with Crippen LogP contribution in [-0.2, 0) is 23.0 Å². The summed E-state index contributed by atoms with van der Waals surface area (Å²) in [5.74, 6) is 0.965. The lowest BCUT2D eigenvalue weighted by atomic mass is 10.2. The number of nitrogens with zero attached hydrogens (tertiary/aromatic N) is 1.